The van der Waals surface area contributed by atoms with Crippen LogP contribution in [0, 0.1) is 0 Å². The Balaban J connectivity index is 1.60. The third kappa shape index (κ3) is 8.24. The molecule has 0 saturated heterocycles. The maximum atomic E-state index is 12.8. The Labute approximate surface area is 222 Å². The van der Waals surface area contributed by atoms with E-state index in [-0.39, 0.29) is 18.9 Å². The summed E-state index contributed by atoms with van der Waals surface area (Å²) in [7, 11) is 0. The molecule has 1 aliphatic rings. The Morgan fingerprint density at radius 3 is 2.24 bits per heavy atom. The van der Waals surface area contributed by atoms with E-state index in [1.165, 1.54) is 0 Å². The molecule has 0 radical (unpaired) electrons. The first-order chi connectivity index (χ1) is 18.2. The fraction of sp³-hybridized carbons (Fsp3) is 0.464. The second-order valence-corrected chi connectivity index (χ2v) is 10.1. The lowest BCUT2D eigenvalue weighted by molar-refractivity contribution is -0.156. The molecule has 1 atom stereocenters. The number of unbranched alkanes of at least 4 members (excludes halogenated alkanes) is 2. The van der Waals surface area contributed by atoms with Crippen molar-refractivity contribution < 1.29 is 23.9 Å². The number of azide groups is 1. The van der Waals surface area contributed by atoms with Gasteiger partial charge in [0, 0.05) is 23.9 Å². The van der Waals surface area contributed by atoms with Crippen LogP contribution in [0.4, 0.5) is 4.79 Å². The zero-order valence-corrected chi connectivity index (χ0v) is 22.1. The van der Waals surface area contributed by atoms with Gasteiger partial charge in [0.05, 0.1) is 6.42 Å². The van der Waals surface area contributed by atoms with Crippen molar-refractivity contribution in [3.63, 3.8) is 0 Å². The van der Waals surface area contributed by atoms with Crippen molar-refractivity contribution in [1.82, 2.24) is 10.6 Å². The van der Waals surface area contributed by atoms with Gasteiger partial charge in [0.15, 0.2) is 0 Å². The van der Waals surface area contributed by atoms with Crippen molar-refractivity contribution in [1.29, 1.82) is 0 Å². The molecule has 0 saturated carbocycles. The first kappa shape index (κ1) is 28.5. The lowest BCUT2D eigenvalue weighted by atomic mass is 9.98. The third-order valence-corrected chi connectivity index (χ3v) is 6.04. The molecule has 2 aromatic carbocycles. The summed E-state index contributed by atoms with van der Waals surface area (Å²) in [5.41, 5.74) is 12.0. The Morgan fingerprint density at radius 2 is 1.63 bits per heavy atom. The van der Waals surface area contributed by atoms with Crippen LogP contribution in [-0.4, -0.2) is 49.3 Å². The maximum Gasteiger partial charge on any atom is 0.407 e. The molecule has 1 aliphatic carbocycles. The molecule has 0 unspecified atom stereocenters. The molecule has 0 heterocycles. The number of carbonyl (C=O) groups excluding carboxylic acids is 3. The minimum atomic E-state index is -1.15. The second-order valence-electron chi connectivity index (χ2n) is 10.1. The van der Waals surface area contributed by atoms with Gasteiger partial charge in [-0.3, -0.25) is 9.59 Å². The minimum Gasteiger partial charge on any atom is -0.460 e. The molecule has 2 aromatic rings. The molecule has 0 fully saturated rings. The van der Waals surface area contributed by atoms with Crippen molar-refractivity contribution in [3.05, 3.63) is 70.1 Å². The second kappa shape index (κ2) is 13.5. The molecule has 0 aliphatic heterocycles. The quantitative estimate of drug-likeness (QED) is 0.129. The summed E-state index contributed by atoms with van der Waals surface area (Å²) in [6, 6.07) is 14.9. The number of hydrogen-bond acceptors (Lipinski definition) is 6. The van der Waals surface area contributed by atoms with Gasteiger partial charge < -0.3 is 20.1 Å². The molecule has 10 heteroatoms. The van der Waals surface area contributed by atoms with E-state index in [2.05, 4.69) is 20.7 Å². The van der Waals surface area contributed by atoms with Crippen LogP contribution in [0.1, 0.15) is 63.5 Å². The van der Waals surface area contributed by atoms with Gasteiger partial charge in [0.25, 0.3) is 0 Å². The average Bonchev–Trinajstić information content (AvgIpc) is 3.19. The number of esters is 1. The van der Waals surface area contributed by atoms with Crippen LogP contribution in [0.3, 0.4) is 0 Å². The number of carbonyl (C=O) groups is 3. The van der Waals surface area contributed by atoms with Crippen molar-refractivity contribution in [2.75, 3.05) is 19.7 Å². The fourth-order valence-corrected chi connectivity index (χ4v) is 4.41. The van der Waals surface area contributed by atoms with E-state index in [4.69, 9.17) is 15.0 Å². The van der Waals surface area contributed by atoms with Crippen LogP contribution in [0.25, 0.3) is 21.6 Å². The van der Waals surface area contributed by atoms with E-state index >= 15 is 0 Å². The van der Waals surface area contributed by atoms with E-state index in [0.29, 0.717) is 25.9 Å². The molecular formula is C28H35N5O5. The topological polar surface area (TPSA) is 142 Å². The van der Waals surface area contributed by atoms with Gasteiger partial charge in [-0.05, 0) is 61.4 Å². The third-order valence-electron chi connectivity index (χ3n) is 6.04. The molecule has 0 bridgehead atoms. The summed E-state index contributed by atoms with van der Waals surface area (Å²) >= 11 is 0. The number of fused-ring (bicyclic) bond motifs is 3. The fourth-order valence-electron chi connectivity index (χ4n) is 4.41. The van der Waals surface area contributed by atoms with E-state index in [9.17, 15) is 14.4 Å². The lowest BCUT2D eigenvalue weighted by Crippen LogP contribution is -2.49. The summed E-state index contributed by atoms with van der Waals surface area (Å²) in [5.74, 6) is -1.23. The highest BCUT2D eigenvalue weighted by Gasteiger charge is 2.31. The number of amides is 2. The summed E-state index contributed by atoms with van der Waals surface area (Å²) in [6.07, 6.45) is 1.01. The van der Waals surface area contributed by atoms with E-state index < -0.39 is 29.6 Å². The average molecular weight is 522 g/mol. The lowest BCUT2D eigenvalue weighted by Gasteiger charge is -2.23. The number of rotatable bonds is 12. The van der Waals surface area contributed by atoms with Crippen LogP contribution in [0.15, 0.2) is 53.6 Å². The highest BCUT2D eigenvalue weighted by Crippen LogP contribution is 2.44. The van der Waals surface area contributed by atoms with Crippen LogP contribution in [0.2, 0.25) is 0 Å². The van der Waals surface area contributed by atoms with Crippen molar-refractivity contribution in [2.24, 2.45) is 5.11 Å². The summed E-state index contributed by atoms with van der Waals surface area (Å²) in [6.45, 7) is 6.03. The van der Waals surface area contributed by atoms with E-state index in [1.807, 2.05) is 48.5 Å². The normalized spacial score (nSPS) is 12.9. The smallest absolute Gasteiger partial charge is 0.407 e. The number of alkyl carbamates (subject to hydrolysis) is 1. The number of hydrogen-bond donors (Lipinski definition) is 2. The zero-order chi connectivity index (χ0) is 27.5. The van der Waals surface area contributed by atoms with Gasteiger partial charge in [-0.15, -0.1) is 0 Å². The molecule has 3 rings (SSSR count). The van der Waals surface area contributed by atoms with Gasteiger partial charge in [0.2, 0.25) is 5.91 Å². The van der Waals surface area contributed by atoms with Crippen molar-refractivity contribution in [3.8, 4) is 11.1 Å². The molecular weight excluding hydrogens is 486 g/mol. The Hall–Kier alpha value is -4.04. The van der Waals surface area contributed by atoms with E-state index in [0.717, 1.165) is 28.7 Å². The maximum absolute atomic E-state index is 12.8. The summed E-state index contributed by atoms with van der Waals surface area (Å²) in [5, 5.41) is 8.77. The Bertz CT molecular complexity index is 1140. The summed E-state index contributed by atoms with van der Waals surface area (Å²) < 4.78 is 10.9. The number of benzene rings is 2. The number of nitrogens with zero attached hydrogens (tertiary/aromatic N) is 3. The largest absolute Gasteiger partial charge is 0.460 e. The summed E-state index contributed by atoms with van der Waals surface area (Å²) in [4.78, 5) is 40.8. The van der Waals surface area contributed by atoms with Crippen molar-refractivity contribution in [2.45, 2.75) is 64.0 Å². The Morgan fingerprint density at radius 1 is 1.00 bits per heavy atom. The van der Waals surface area contributed by atoms with Crippen LogP contribution < -0.4 is 10.6 Å². The van der Waals surface area contributed by atoms with Crippen LogP contribution >= 0.6 is 0 Å². The highest BCUT2D eigenvalue weighted by molar-refractivity contribution is 5.89. The van der Waals surface area contributed by atoms with Gasteiger partial charge in [-0.1, -0.05) is 60.1 Å². The molecule has 38 heavy (non-hydrogen) atoms. The first-order valence-corrected chi connectivity index (χ1v) is 12.8. The van der Waals surface area contributed by atoms with Gasteiger partial charge in [-0.2, -0.15) is 0 Å². The van der Waals surface area contributed by atoms with Gasteiger partial charge >= 0.3 is 12.1 Å². The van der Waals surface area contributed by atoms with Gasteiger partial charge in [-0.25, -0.2) is 4.79 Å². The SMILES string of the molecule is CC(C)(C)OC(=O)C[C@H](NC(=O)OCC1c2ccccc2-c2ccccc21)C(=O)NCCCCCN=[N+]=[N-]. The molecule has 2 N–H and O–H groups in total. The highest BCUT2D eigenvalue weighted by atomic mass is 16.6. The van der Waals surface area contributed by atoms with Gasteiger partial charge in [0.1, 0.15) is 18.2 Å². The number of nitrogens with one attached hydrogen (secondary N) is 2. The zero-order valence-electron chi connectivity index (χ0n) is 22.1. The first-order valence-electron chi connectivity index (χ1n) is 12.8. The van der Waals surface area contributed by atoms with Crippen molar-refractivity contribution >= 4 is 18.0 Å². The van der Waals surface area contributed by atoms with Crippen LogP contribution in [0.5, 0.6) is 0 Å². The predicted octanol–water partition coefficient (Wildman–Crippen LogP) is 5.22. The predicted molar refractivity (Wildman–Crippen MR) is 143 cm³/mol. The van der Waals surface area contributed by atoms with E-state index in [1.54, 1.807) is 20.8 Å². The standard InChI is InChI=1S/C28H35N5O5/c1-28(2,3)38-25(34)17-24(26(35)30-15-9-4-10-16-31-33-29)32-27(36)37-18-23-21-13-7-5-11-19(21)20-12-6-8-14-22(20)23/h5-8,11-14,23-24H,4,9-10,15-18H2,1-3H3,(H,30,35)(H,32,36)/t24-/m0/s1. The van der Waals surface area contributed by atoms with Crippen LogP contribution in [-0.2, 0) is 19.1 Å². The molecule has 0 aromatic heterocycles. The monoisotopic (exact) mass is 521 g/mol. The minimum absolute atomic E-state index is 0.0891. The number of ether oxygens (including phenoxy) is 2. The molecule has 0 spiro atoms. The molecule has 2 amide bonds. The molecule has 202 valence electrons. The Kier molecular flexibility index (Phi) is 10.1. The molecule has 10 nitrogen and oxygen atoms in total.